The van der Waals surface area contributed by atoms with E-state index >= 15 is 0 Å². The van der Waals surface area contributed by atoms with E-state index in [2.05, 4.69) is 5.10 Å². The number of nitrogens with zero attached hydrogens (tertiary/aromatic N) is 2. The summed E-state index contributed by atoms with van der Waals surface area (Å²) in [6.07, 6.45) is 6.36. The van der Waals surface area contributed by atoms with Gasteiger partial charge in [0.15, 0.2) is 0 Å². The SMILES string of the molecule is O=C(O)C=Cc1ccsc1Cn1cccn1. The summed E-state index contributed by atoms with van der Waals surface area (Å²) in [6, 6.07) is 3.77. The van der Waals surface area contributed by atoms with Gasteiger partial charge in [-0.2, -0.15) is 5.10 Å². The molecule has 0 aromatic carbocycles. The molecule has 1 N–H and O–H groups in total. The van der Waals surface area contributed by atoms with Gasteiger partial charge < -0.3 is 5.11 Å². The molecule has 0 amide bonds. The fourth-order valence-corrected chi connectivity index (χ4v) is 2.19. The van der Waals surface area contributed by atoms with Crippen molar-refractivity contribution in [1.29, 1.82) is 0 Å². The van der Waals surface area contributed by atoms with Gasteiger partial charge in [0.05, 0.1) is 6.54 Å². The Morgan fingerprint density at radius 3 is 3.19 bits per heavy atom. The Labute approximate surface area is 96.5 Å². The van der Waals surface area contributed by atoms with E-state index in [0.717, 1.165) is 16.5 Å². The number of rotatable bonds is 4. The van der Waals surface area contributed by atoms with Gasteiger partial charge in [0.2, 0.25) is 0 Å². The van der Waals surface area contributed by atoms with Crippen LogP contribution in [0.25, 0.3) is 6.08 Å². The lowest BCUT2D eigenvalue weighted by atomic mass is 10.2. The molecule has 82 valence electrons. The molecule has 2 aromatic rings. The van der Waals surface area contributed by atoms with Crippen molar-refractivity contribution < 1.29 is 9.90 Å². The van der Waals surface area contributed by atoms with Crippen molar-refractivity contribution in [3.63, 3.8) is 0 Å². The lowest BCUT2D eigenvalue weighted by Crippen LogP contribution is -1.99. The van der Waals surface area contributed by atoms with Crippen LogP contribution in [0.2, 0.25) is 0 Å². The van der Waals surface area contributed by atoms with E-state index in [1.165, 1.54) is 0 Å². The molecular weight excluding hydrogens is 224 g/mol. The third-order valence-corrected chi connectivity index (χ3v) is 2.97. The minimum absolute atomic E-state index is 0.671. The van der Waals surface area contributed by atoms with Crippen LogP contribution in [-0.2, 0) is 11.3 Å². The Morgan fingerprint density at radius 2 is 2.50 bits per heavy atom. The number of hydrogen-bond donors (Lipinski definition) is 1. The van der Waals surface area contributed by atoms with Crippen LogP contribution in [0.1, 0.15) is 10.4 Å². The molecule has 2 heterocycles. The van der Waals surface area contributed by atoms with Crippen LogP contribution >= 0.6 is 11.3 Å². The second-order valence-corrected chi connectivity index (χ2v) is 4.17. The van der Waals surface area contributed by atoms with Crippen LogP contribution in [-0.4, -0.2) is 20.9 Å². The highest BCUT2D eigenvalue weighted by molar-refractivity contribution is 7.10. The first-order valence-electron chi connectivity index (χ1n) is 4.70. The number of hydrogen-bond acceptors (Lipinski definition) is 3. The second-order valence-electron chi connectivity index (χ2n) is 3.17. The average molecular weight is 234 g/mol. The number of carbonyl (C=O) groups is 1. The average Bonchev–Trinajstić information content (AvgIpc) is 2.87. The summed E-state index contributed by atoms with van der Waals surface area (Å²) >= 11 is 1.59. The van der Waals surface area contributed by atoms with Crippen LogP contribution in [0, 0.1) is 0 Å². The molecule has 0 aliphatic carbocycles. The van der Waals surface area contributed by atoms with Crippen molar-refractivity contribution in [3.05, 3.63) is 46.4 Å². The highest BCUT2D eigenvalue weighted by Crippen LogP contribution is 2.19. The molecule has 0 saturated heterocycles. The number of carboxylic acids is 1. The highest BCUT2D eigenvalue weighted by atomic mass is 32.1. The maximum atomic E-state index is 10.4. The fraction of sp³-hybridized carbons (Fsp3) is 0.0909. The third kappa shape index (κ3) is 2.58. The third-order valence-electron chi connectivity index (χ3n) is 2.05. The van der Waals surface area contributed by atoms with Crippen molar-refractivity contribution >= 4 is 23.4 Å². The fourth-order valence-electron chi connectivity index (χ4n) is 1.33. The van der Waals surface area contributed by atoms with E-state index in [-0.39, 0.29) is 0 Å². The van der Waals surface area contributed by atoms with Gasteiger partial charge in [-0.3, -0.25) is 4.68 Å². The highest BCUT2D eigenvalue weighted by Gasteiger charge is 2.02. The molecule has 0 spiro atoms. The molecule has 2 rings (SSSR count). The summed E-state index contributed by atoms with van der Waals surface area (Å²) in [7, 11) is 0. The van der Waals surface area contributed by atoms with E-state index in [1.807, 2.05) is 28.4 Å². The van der Waals surface area contributed by atoms with Gasteiger partial charge in [0.1, 0.15) is 0 Å². The van der Waals surface area contributed by atoms with Crippen LogP contribution in [0.4, 0.5) is 0 Å². The Morgan fingerprint density at radius 1 is 1.62 bits per heavy atom. The van der Waals surface area contributed by atoms with Crippen LogP contribution < -0.4 is 0 Å². The number of carboxylic acid groups (broad SMARTS) is 1. The Bertz CT molecular complexity index is 500. The maximum absolute atomic E-state index is 10.4. The minimum atomic E-state index is -0.934. The van der Waals surface area contributed by atoms with Gasteiger partial charge in [-0.25, -0.2) is 4.79 Å². The number of thiophene rings is 1. The Kier molecular flexibility index (Phi) is 3.16. The zero-order chi connectivity index (χ0) is 11.4. The standard InChI is InChI=1S/C11H10N2O2S/c14-11(15)3-2-9-4-7-16-10(9)8-13-6-1-5-12-13/h1-7H,8H2,(H,14,15). The first kappa shape index (κ1) is 10.6. The zero-order valence-electron chi connectivity index (χ0n) is 8.41. The summed E-state index contributed by atoms with van der Waals surface area (Å²) in [5.41, 5.74) is 0.933. The van der Waals surface area contributed by atoms with E-state index in [1.54, 1.807) is 23.6 Å². The summed E-state index contributed by atoms with van der Waals surface area (Å²) in [5, 5.41) is 14.6. The molecule has 0 unspecified atom stereocenters. The van der Waals surface area contributed by atoms with Crippen molar-refractivity contribution in [2.24, 2.45) is 0 Å². The van der Waals surface area contributed by atoms with Gasteiger partial charge >= 0.3 is 5.97 Å². The normalized spacial score (nSPS) is 11.0. The topological polar surface area (TPSA) is 55.1 Å². The van der Waals surface area contributed by atoms with Crippen molar-refractivity contribution in [3.8, 4) is 0 Å². The lowest BCUT2D eigenvalue weighted by Gasteiger charge is -1.99. The van der Waals surface area contributed by atoms with E-state index in [0.29, 0.717) is 6.54 Å². The minimum Gasteiger partial charge on any atom is -0.478 e. The van der Waals surface area contributed by atoms with E-state index in [4.69, 9.17) is 5.11 Å². The smallest absolute Gasteiger partial charge is 0.328 e. The first-order chi connectivity index (χ1) is 7.75. The Hall–Kier alpha value is -1.88. The van der Waals surface area contributed by atoms with Gasteiger partial charge in [0, 0.05) is 23.3 Å². The monoisotopic (exact) mass is 234 g/mol. The number of aromatic nitrogens is 2. The summed E-state index contributed by atoms with van der Waals surface area (Å²) in [6.45, 7) is 0.671. The quantitative estimate of drug-likeness (QED) is 0.824. The zero-order valence-corrected chi connectivity index (χ0v) is 9.22. The Balaban J connectivity index is 2.16. The molecule has 5 heteroatoms. The maximum Gasteiger partial charge on any atom is 0.328 e. The van der Waals surface area contributed by atoms with Crippen LogP contribution in [0.15, 0.2) is 36.0 Å². The molecule has 0 aliphatic rings. The van der Waals surface area contributed by atoms with Gasteiger partial charge in [0.25, 0.3) is 0 Å². The van der Waals surface area contributed by atoms with Crippen LogP contribution in [0.3, 0.4) is 0 Å². The molecule has 16 heavy (non-hydrogen) atoms. The molecule has 0 radical (unpaired) electrons. The summed E-state index contributed by atoms with van der Waals surface area (Å²) in [5.74, 6) is -0.934. The molecular formula is C11H10N2O2S. The summed E-state index contributed by atoms with van der Waals surface area (Å²) < 4.78 is 1.81. The second kappa shape index (κ2) is 4.76. The molecule has 4 nitrogen and oxygen atoms in total. The van der Waals surface area contributed by atoms with Crippen LogP contribution in [0.5, 0.6) is 0 Å². The molecule has 0 bridgehead atoms. The molecule has 2 aromatic heterocycles. The lowest BCUT2D eigenvalue weighted by molar-refractivity contribution is -0.131. The van der Waals surface area contributed by atoms with Crippen molar-refractivity contribution in [2.45, 2.75) is 6.54 Å². The molecule has 0 fully saturated rings. The molecule has 0 aliphatic heterocycles. The molecule has 0 atom stereocenters. The van der Waals surface area contributed by atoms with E-state index in [9.17, 15) is 4.79 Å². The van der Waals surface area contributed by atoms with E-state index < -0.39 is 5.97 Å². The van der Waals surface area contributed by atoms with Gasteiger partial charge in [-0.05, 0) is 29.2 Å². The predicted octanol–water partition coefficient (Wildman–Crippen LogP) is 2.09. The number of aliphatic carboxylic acids is 1. The summed E-state index contributed by atoms with van der Waals surface area (Å²) in [4.78, 5) is 11.5. The molecule has 0 saturated carbocycles. The predicted molar refractivity (Wildman–Crippen MR) is 62.3 cm³/mol. The van der Waals surface area contributed by atoms with Gasteiger partial charge in [-0.1, -0.05) is 0 Å². The van der Waals surface area contributed by atoms with Gasteiger partial charge in [-0.15, -0.1) is 11.3 Å². The first-order valence-corrected chi connectivity index (χ1v) is 5.58. The largest absolute Gasteiger partial charge is 0.478 e. The van der Waals surface area contributed by atoms with Crippen molar-refractivity contribution in [2.75, 3.05) is 0 Å². The van der Waals surface area contributed by atoms with Crippen molar-refractivity contribution in [1.82, 2.24) is 9.78 Å².